The quantitative estimate of drug-likeness (QED) is 0.656. The van der Waals surface area contributed by atoms with E-state index in [4.69, 9.17) is 4.74 Å². The Hall–Kier alpha value is -2.29. The van der Waals surface area contributed by atoms with E-state index in [1.54, 1.807) is 0 Å². The van der Waals surface area contributed by atoms with Gasteiger partial charge in [-0.2, -0.15) is 4.31 Å². The van der Waals surface area contributed by atoms with Crippen molar-refractivity contribution in [2.24, 2.45) is 17.8 Å². The van der Waals surface area contributed by atoms with Gasteiger partial charge < -0.3 is 10.1 Å². The third kappa shape index (κ3) is 4.19. The van der Waals surface area contributed by atoms with Gasteiger partial charge in [0.1, 0.15) is 5.82 Å². The highest BCUT2D eigenvalue weighted by atomic mass is 32.2. The Morgan fingerprint density at radius 2 is 1.54 bits per heavy atom. The molecule has 1 aliphatic heterocycles. The molecule has 2 aromatic rings. The molecule has 4 bridgehead atoms. The molecule has 2 aromatic carbocycles. The monoisotopic (exact) mass is 498 g/mol. The minimum absolute atomic E-state index is 0.0943. The van der Waals surface area contributed by atoms with Crippen molar-refractivity contribution in [1.29, 1.82) is 0 Å². The lowest BCUT2D eigenvalue weighted by atomic mass is 9.48. The number of halogens is 1. The maximum Gasteiger partial charge on any atom is 0.258 e. The third-order valence-corrected chi connectivity index (χ3v) is 10.5. The second-order valence-electron chi connectivity index (χ2n) is 10.9. The molecular formula is C27H31FN2O4S. The molecule has 6 nitrogen and oxygen atoms in total. The van der Waals surface area contributed by atoms with Crippen LogP contribution in [0.25, 0.3) is 0 Å². The molecule has 8 heteroatoms. The molecule has 0 spiro atoms. The van der Waals surface area contributed by atoms with Crippen LogP contribution in [0.2, 0.25) is 0 Å². The Bertz CT molecular complexity index is 1200. The second kappa shape index (κ2) is 8.68. The summed E-state index contributed by atoms with van der Waals surface area (Å²) >= 11 is 0. The number of nitrogens with zero attached hydrogens (tertiary/aromatic N) is 1. The molecule has 0 aromatic heterocycles. The average molecular weight is 499 g/mol. The van der Waals surface area contributed by atoms with Crippen LogP contribution in [0, 0.1) is 23.6 Å². The number of hydrogen-bond acceptors (Lipinski definition) is 4. The molecule has 4 saturated carbocycles. The lowest BCUT2D eigenvalue weighted by Gasteiger charge is -2.57. The zero-order valence-corrected chi connectivity index (χ0v) is 20.5. The van der Waals surface area contributed by atoms with Crippen molar-refractivity contribution in [3.63, 3.8) is 0 Å². The van der Waals surface area contributed by atoms with Crippen LogP contribution in [0.3, 0.4) is 0 Å². The van der Waals surface area contributed by atoms with Crippen molar-refractivity contribution in [3.05, 3.63) is 59.4 Å². The summed E-state index contributed by atoms with van der Waals surface area (Å²) in [5, 5.41) is 2.75. The number of rotatable bonds is 5. The summed E-state index contributed by atoms with van der Waals surface area (Å²) in [5.74, 6) is 1.14. The number of benzene rings is 2. The Labute approximate surface area is 205 Å². The van der Waals surface area contributed by atoms with Crippen LogP contribution >= 0.6 is 0 Å². The molecule has 4 aliphatic carbocycles. The summed E-state index contributed by atoms with van der Waals surface area (Å²) in [7, 11) is -3.83. The first-order valence-corrected chi connectivity index (χ1v) is 14.1. The highest BCUT2D eigenvalue weighted by Gasteiger charge is 2.51. The van der Waals surface area contributed by atoms with Crippen LogP contribution in [-0.4, -0.2) is 44.9 Å². The molecule has 1 heterocycles. The average Bonchev–Trinajstić information content (AvgIpc) is 2.84. The lowest BCUT2D eigenvalue weighted by Crippen LogP contribution is -2.48. The fraction of sp³-hybridized carbons (Fsp3) is 0.519. The van der Waals surface area contributed by atoms with Gasteiger partial charge in [-0.1, -0.05) is 12.1 Å². The molecule has 0 unspecified atom stereocenters. The van der Waals surface area contributed by atoms with E-state index in [2.05, 4.69) is 17.4 Å². The van der Waals surface area contributed by atoms with Crippen LogP contribution < -0.4 is 5.32 Å². The summed E-state index contributed by atoms with van der Waals surface area (Å²) in [6, 6.07) is 11.4. The summed E-state index contributed by atoms with van der Waals surface area (Å²) in [6.45, 7) is 1.09. The Morgan fingerprint density at radius 3 is 2.14 bits per heavy atom. The van der Waals surface area contributed by atoms with Crippen molar-refractivity contribution in [3.8, 4) is 0 Å². The number of hydrogen-bond donors (Lipinski definition) is 1. The van der Waals surface area contributed by atoms with Crippen molar-refractivity contribution in [2.45, 2.75) is 48.8 Å². The van der Waals surface area contributed by atoms with Crippen molar-refractivity contribution >= 4 is 21.6 Å². The third-order valence-electron chi connectivity index (χ3n) is 8.58. The summed E-state index contributed by atoms with van der Waals surface area (Å²) in [5.41, 5.74) is 1.90. The topological polar surface area (TPSA) is 75.7 Å². The highest BCUT2D eigenvalue weighted by molar-refractivity contribution is 7.89. The maximum atomic E-state index is 14.6. The first-order chi connectivity index (χ1) is 16.8. The zero-order valence-electron chi connectivity index (χ0n) is 19.7. The van der Waals surface area contributed by atoms with E-state index >= 15 is 0 Å². The Kier molecular flexibility index (Phi) is 5.73. The molecule has 7 rings (SSSR count). The van der Waals surface area contributed by atoms with Gasteiger partial charge >= 0.3 is 0 Å². The first-order valence-electron chi connectivity index (χ1n) is 12.6. The van der Waals surface area contributed by atoms with Gasteiger partial charge in [-0.05, 0) is 97.6 Å². The molecule has 0 atom stereocenters. The fourth-order valence-corrected chi connectivity index (χ4v) is 8.78. The number of carbonyl (C=O) groups is 1. The number of morpholine rings is 1. The van der Waals surface area contributed by atoms with Gasteiger partial charge in [0.15, 0.2) is 0 Å². The van der Waals surface area contributed by atoms with Gasteiger partial charge in [0, 0.05) is 18.8 Å². The molecule has 1 saturated heterocycles. The molecule has 5 fully saturated rings. The summed E-state index contributed by atoms with van der Waals surface area (Å²) in [6.07, 6.45) is 7.96. The minimum atomic E-state index is -3.83. The van der Waals surface area contributed by atoms with Crippen LogP contribution in [0.4, 0.5) is 10.1 Å². The molecule has 1 amide bonds. The van der Waals surface area contributed by atoms with Gasteiger partial charge in [0.2, 0.25) is 10.0 Å². The Balaban J connectivity index is 1.20. The number of sulfonamides is 1. The number of carbonyl (C=O) groups excluding carboxylic acids is 1. The summed E-state index contributed by atoms with van der Waals surface area (Å²) < 4.78 is 47.0. The number of anilines is 1. The van der Waals surface area contributed by atoms with E-state index in [9.17, 15) is 17.6 Å². The van der Waals surface area contributed by atoms with Gasteiger partial charge in [-0.15, -0.1) is 0 Å². The fourth-order valence-electron chi connectivity index (χ4n) is 7.34. The minimum Gasteiger partial charge on any atom is -0.379 e. The molecule has 186 valence electrons. The highest BCUT2D eigenvalue weighted by Crippen LogP contribution is 2.60. The van der Waals surface area contributed by atoms with E-state index in [0.29, 0.717) is 18.9 Å². The van der Waals surface area contributed by atoms with Gasteiger partial charge in [-0.25, -0.2) is 12.8 Å². The summed E-state index contributed by atoms with van der Waals surface area (Å²) in [4.78, 5) is 12.8. The normalized spacial score (nSPS) is 30.4. The molecule has 0 radical (unpaired) electrons. The van der Waals surface area contributed by atoms with E-state index in [-0.39, 0.29) is 29.0 Å². The van der Waals surface area contributed by atoms with E-state index in [0.717, 1.165) is 29.9 Å². The van der Waals surface area contributed by atoms with Crippen LogP contribution in [0.15, 0.2) is 47.4 Å². The van der Waals surface area contributed by atoms with Gasteiger partial charge in [0.05, 0.1) is 23.7 Å². The molecule has 1 N–H and O–H groups in total. The molecule has 35 heavy (non-hydrogen) atoms. The Morgan fingerprint density at radius 1 is 0.943 bits per heavy atom. The smallest absolute Gasteiger partial charge is 0.258 e. The van der Waals surface area contributed by atoms with E-state index in [1.807, 2.05) is 12.1 Å². The zero-order chi connectivity index (χ0) is 24.2. The first kappa shape index (κ1) is 23.1. The van der Waals surface area contributed by atoms with Crippen LogP contribution in [0.1, 0.15) is 54.4 Å². The van der Waals surface area contributed by atoms with Crippen molar-refractivity contribution in [2.75, 3.05) is 31.6 Å². The number of nitrogens with one attached hydrogen (secondary N) is 1. The predicted molar refractivity (Wildman–Crippen MR) is 130 cm³/mol. The van der Waals surface area contributed by atoms with Crippen LogP contribution in [-0.2, 0) is 20.2 Å². The van der Waals surface area contributed by atoms with Gasteiger partial charge in [-0.3, -0.25) is 4.79 Å². The van der Waals surface area contributed by atoms with E-state index < -0.39 is 21.7 Å². The predicted octanol–water partition coefficient (Wildman–Crippen LogP) is 4.57. The van der Waals surface area contributed by atoms with E-state index in [1.165, 1.54) is 54.5 Å². The van der Waals surface area contributed by atoms with Gasteiger partial charge in [0.25, 0.3) is 5.91 Å². The standard InChI is InChI=1S/C27H31FN2O4S/c28-25-6-5-23(35(32,33)30-7-9-34-10-8-30)14-24(25)26(31)29-22-3-1-21(2-4-22)27-15-18-11-19(16-27)13-20(12-18)17-27/h1-6,14,18-20H,7-13,15-17H2,(H,29,31). The largest absolute Gasteiger partial charge is 0.379 e. The molecular weight excluding hydrogens is 467 g/mol. The second-order valence-corrected chi connectivity index (χ2v) is 12.8. The van der Waals surface area contributed by atoms with Crippen LogP contribution in [0.5, 0.6) is 0 Å². The lowest BCUT2D eigenvalue weighted by molar-refractivity contribution is -0.00518. The van der Waals surface area contributed by atoms with Crippen molar-refractivity contribution < 1.29 is 22.3 Å². The number of ether oxygens (including phenoxy) is 1. The maximum absolute atomic E-state index is 14.6. The molecule has 5 aliphatic rings. The SMILES string of the molecule is O=C(Nc1ccc(C23CC4CC(CC(C4)C2)C3)cc1)c1cc(S(=O)(=O)N2CCOCC2)ccc1F. The number of amides is 1. The van der Waals surface area contributed by atoms with Crippen molar-refractivity contribution in [1.82, 2.24) is 4.31 Å².